The van der Waals surface area contributed by atoms with Crippen LogP contribution in [0.5, 0.6) is 0 Å². The third-order valence-electron chi connectivity index (χ3n) is 5.90. The second kappa shape index (κ2) is 12.4. The zero-order chi connectivity index (χ0) is 27.2. The van der Waals surface area contributed by atoms with Crippen LogP contribution >= 0.6 is 11.3 Å². The standard InChI is InChI=1S/C26H33N5O4S2/c1-6-23(32)29-21(14-24-30-20-11-10-18(16(3)4)13-22(20)36-24)26(33)28-17(5)25(31-37(34,35)7-2)19-9-8-12-27-15-19/h7-13,15-17,21,25,31H,2,6,14H2,1,3-5H3,(H,28,33)(H,29,32)/t17?,21-,25+/m0/s1. The minimum absolute atomic E-state index is 0.205. The van der Waals surface area contributed by atoms with Gasteiger partial charge in [-0.2, -0.15) is 0 Å². The molecule has 3 N–H and O–H groups in total. The maximum Gasteiger partial charge on any atom is 0.243 e. The topological polar surface area (TPSA) is 130 Å². The molecule has 0 spiro atoms. The number of fused-ring (bicyclic) bond motifs is 1. The quantitative estimate of drug-likeness (QED) is 0.320. The van der Waals surface area contributed by atoms with E-state index in [0.717, 1.165) is 20.6 Å². The highest BCUT2D eigenvalue weighted by atomic mass is 32.2. The largest absolute Gasteiger partial charge is 0.350 e. The number of rotatable bonds is 12. The Labute approximate surface area is 221 Å². The van der Waals surface area contributed by atoms with Crippen molar-refractivity contribution in [1.29, 1.82) is 0 Å². The van der Waals surface area contributed by atoms with Crippen molar-refractivity contribution in [2.24, 2.45) is 0 Å². The fourth-order valence-corrected chi connectivity index (χ4v) is 5.62. The molecule has 0 aliphatic heterocycles. The van der Waals surface area contributed by atoms with Gasteiger partial charge in [0.25, 0.3) is 0 Å². The van der Waals surface area contributed by atoms with E-state index in [0.29, 0.717) is 11.5 Å². The van der Waals surface area contributed by atoms with Crippen molar-refractivity contribution in [3.63, 3.8) is 0 Å². The van der Waals surface area contributed by atoms with Crippen LogP contribution in [0.4, 0.5) is 0 Å². The average molecular weight is 544 g/mol. The van der Waals surface area contributed by atoms with Crippen molar-refractivity contribution < 1.29 is 18.0 Å². The fourth-order valence-electron chi connectivity index (χ4n) is 3.77. The van der Waals surface area contributed by atoms with Gasteiger partial charge in [0.15, 0.2) is 0 Å². The van der Waals surface area contributed by atoms with E-state index in [1.54, 1.807) is 32.2 Å². The number of carbonyl (C=O) groups is 2. The molecule has 2 heterocycles. The molecule has 2 amide bonds. The first-order valence-electron chi connectivity index (χ1n) is 12.1. The van der Waals surface area contributed by atoms with Crippen molar-refractivity contribution in [1.82, 2.24) is 25.3 Å². The van der Waals surface area contributed by atoms with E-state index in [1.165, 1.54) is 23.1 Å². The first-order chi connectivity index (χ1) is 17.5. The predicted molar refractivity (Wildman–Crippen MR) is 146 cm³/mol. The zero-order valence-electron chi connectivity index (χ0n) is 21.4. The number of nitrogens with one attached hydrogen (secondary N) is 3. The molecule has 3 aromatic rings. The molecular weight excluding hydrogens is 510 g/mol. The smallest absolute Gasteiger partial charge is 0.243 e. The Kier molecular flexibility index (Phi) is 9.52. The van der Waals surface area contributed by atoms with Crippen LogP contribution in [0.15, 0.2) is 54.7 Å². The van der Waals surface area contributed by atoms with E-state index < -0.39 is 34.1 Å². The monoisotopic (exact) mass is 543 g/mol. The summed E-state index contributed by atoms with van der Waals surface area (Å²) < 4.78 is 28.1. The van der Waals surface area contributed by atoms with Gasteiger partial charge < -0.3 is 10.6 Å². The molecule has 37 heavy (non-hydrogen) atoms. The van der Waals surface area contributed by atoms with E-state index in [9.17, 15) is 18.0 Å². The van der Waals surface area contributed by atoms with E-state index in [1.807, 2.05) is 12.1 Å². The third-order valence-corrected chi connectivity index (χ3v) is 7.96. The number of amides is 2. The summed E-state index contributed by atoms with van der Waals surface area (Å²) in [5.74, 6) is -0.333. The molecule has 9 nitrogen and oxygen atoms in total. The van der Waals surface area contributed by atoms with Crippen molar-refractivity contribution in [3.8, 4) is 0 Å². The molecule has 198 valence electrons. The molecule has 0 aliphatic carbocycles. The SMILES string of the molecule is C=CS(=O)(=O)N[C@@H](c1cccnc1)C(C)NC(=O)[C@H](Cc1nc2ccc(C(C)C)cc2s1)NC(=O)CC. The van der Waals surface area contributed by atoms with Crippen LogP contribution in [0.2, 0.25) is 0 Å². The van der Waals surface area contributed by atoms with E-state index in [4.69, 9.17) is 0 Å². The summed E-state index contributed by atoms with van der Waals surface area (Å²) in [7, 11) is -3.81. The number of sulfonamides is 1. The van der Waals surface area contributed by atoms with E-state index in [2.05, 4.69) is 51.8 Å². The fraction of sp³-hybridized carbons (Fsp3) is 0.385. The summed E-state index contributed by atoms with van der Waals surface area (Å²) in [4.78, 5) is 34.4. The highest BCUT2D eigenvalue weighted by molar-refractivity contribution is 7.92. The number of pyridine rings is 1. The van der Waals surface area contributed by atoms with Crippen molar-refractivity contribution in [2.75, 3.05) is 0 Å². The van der Waals surface area contributed by atoms with Gasteiger partial charge in [-0.25, -0.2) is 18.1 Å². The second-order valence-electron chi connectivity index (χ2n) is 9.06. The second-order valence-corrected chi connectivity index (χ2v) is 11.8. The molecule has 0 saturated carbocycles. The van der Waals surface area contributed by atoms with Gasteiger partial charge in [-0.1, -0.05) is 39.5 Å². The van der Waals surface area contributed by atoms with Crippen LogP contribution in [0.1, 0.15) is 62.2 Å². The number of nitrogens with zero attached hydrogens (tertiary/aromatic N) is 2. The Morgan fingerprint density at radius 1 is 1.14 bits per heavy atom. The van der Waals surface area contributed by atoms with Gasteiger partial charge >= 0.3 is 0 Å². The van der Waals surface area contributed by atoms with Crippen LogP contribution in [-0.2, 0) is 26.0 Å². The van der Waals surface area contributed by atoms with Crippen LogP contribution in [0, 0.1) is 0 Å². The minimum atomic E-state index is -3.81. The summed E-state index contributed by atoms with van der Waals surface area (Å²) in [6.45, 7) is 11.0. The van der Waals surface area contributed by atoms with Gasteiger partial charge in [0, 0.05) is 36.7 Å². The Morgan fingerprint density at radius 3 is 2.51 bits per heavy atom. The zero-order valence-corrected chi connectivity index (χ0v) is 23.0. The summed E-state index contributed by atoms with van der Waals surface area (Å²) >= 11 is 1.49. The maximum absolute atomic E-state index is 13.4. The minimum Gasteiger partial charge on any atom is -0.350 e. The Bertz CT molecular complexity index is 1360. The van der Waals surface area contributed by atoms with Crippen LogP contribution in [0.3, 0.4) is 0 Å². The van der Waals surface area contributed by atoms with E-state index in [-0.39, 0.29) is 18.7 Å². The first-order valence-corrected chi connectivity index (χ1v) is 14.4. The predicted octanol–water partition coefficient (Wildman–Crippen LogP) is 3.56. The number of aromatic nitrogens is 2. The van der Waals surface area contributed by atoms with Gasteiger partial charge in [0.2, 0.25) is 21.8 Å². The molecule has 11 heteroatoms. The molecule has 1 aromatic carbocycles. The lowest BCUT2D eigenvalue weighted by molar-refractivity contribution is -0.129. The lowest BCUT2D eigenvalue weighted by Gasteiger charge is -2.27. The van der Waals surface area contributed by atoms with Crippen LogP contribution < -0.4 is 15.4 Å². The van der Waals surface area contributed by atoms with Crippen molar-refractivity contribution in [3.05, 3.63) is 70.8 Å². The molecule has 0 fully saturated rings. The van der Waals surface area contributed by atoms with Crippen molar-refractivity contribution in [2.45, 2.75) is 64.6 Å². The van der Waals surface area contributed by atoms with Gasteiger partial charge in [-0.15, -0.1) is 11.3 Å². The number of benzene rings is 1. The number of hydrogen-bond donors (Lipinski definition) is 3. The molecule has 2 aromatic heterocycles. The Morgan fingerprint density at radius 2 is 1.89 bits per heavy atom. The van der Waals surface area contributed by atoms with Gasteiger partial charge in [0.05, 0.1) is 21.3 Å². The highest BCUT2D eigenvalue weighted by Crippen LogP contribution is 2.27. The number of carbonyl (C=O) groups excluding carboxylic acids is 2. The molecule has 0 radical (unpaired) electrons. The number of hydrogen-bond acceptors (Lipinski definition) is 7. The highest BCUT2D eigenvalue weighted by Gasteiger charge is 2.29. The molecule has 3 atom stereocenters. The normalized spacial score (nSPS) is 14.2. The van der Waals surface area contributed by atoms with Crippen LogP contribution in [0.25, 0.3) is 10.2 Å². The van der Waals surface area contributed by atoms with Crippen LogP contribution in [-0.4, -0.2) is 42.3 Å². The molecule has 0 bridgehead atoms. The Hall–Kier alpha value is -3.15. The first kappa shape index (κ1) is 28.4. The summed E-state index contributed by atoms with van der Waals surface area (Å²) in [6, 6.07) is 7.16. The third kappa shape index (κ3) is 7.67. The molecule has 3 rings (SSSR count). The lowest BCUT2D eigenvalue weighted by atomic mass is 10.0. The Balaban J connectivity index is 1.84. The molecule has 1 unspecified atom stereocenters. The lowest BCUT2D eigenvalue weighted by Crippen LogP contribution is -2.52. The van der Waals surface area contributed by atoms with Gasteiger partial charge in [0.1, 0.15) is 6.04 Å². The number of thiazole rings is 1. The van der Waals surface area contributed by atoms with Crippen molar-refractivity contribution >= 4 is 43.4 Å². The summed E-state index contributed by atoms with van der Waals surface area (Å²) in [5.41, 5.74) is 2.62. The molecular formula is C26H33N5O4S2. The molecule has 0 saturated heterocycles. The summed E-state index contributed by atoms with van der Waals surface area (Å²) in [5, 5.41) is 7.18. The van der Waals surface area contributed by atoms with Gasteiger partial charge in [-0.05, 0) is 42.2 Å². The average Bonchev–Trinajstić information content (AvgIpc) is 3.28. The van der Waals surface area contributed by atoms with Gasteiger partial charge in [-0.3, -0.25) is 14.6 Å². The summed E-state index contributed by atoms with van der Waals surface area (Å²) in [6.07, 6.45) is 3.52. The maximum atomic E-state index is 13.4. The van der Waals surface area contributed by atoms with E-state index >= 15 is 0 Å². The molecule has 0 aliphatic rings.